The molecule has 1 aromatic heterocycles. The summed E-state index contributed by atoms with van der Waals surface area (Å²) in [6.07, 6.45) is -0.497. The van der Waals surface area contributed by atoms with Gasteiger partial charge >= 0.3 is 6.18 Å². The van der Waals surface area contributed by atoms with Crippen molar-refractivity contribution in [1.29, 1.82) is 0 Å². The standard InChI is InChI=1S/C11H18F3N3O/c1-2-18-5-3-4-15-6-10-7-16-17(8-10)9-11(12,13)14/h7-8,15H,2-6,9H2,1H3. The van der Waals surface area contributed by atoms with Gasteiger partial charge in [-0.15, -0.1) is 0 Å². The number of nitrogens with one attached hydrogen (secondary N) is 1. The summed E-state index contributed by atoms with van der Waals surface area (Å²) in [5.41, 5.74) is 0.746. The molecule has 1 aromatic rings. The van der Waals surface area contributed by atoms with Crippen molar-refractivity contribution in [1.82, 2.24) is 15.1 Å². The minimum atomic E-state index is -4.23. The molecule has 1 heterocycles. The Balaban J connectivity index is 2.19. The highest BCUT2D eigenvalue weighted by atomic mass is 19.4. The fourth-order valence-corrected chi connectivity index (χ4v) is 1.44. The molecule has 1 N–H and O–H groups in total. The third-order valence-electron chi connectivity index (χ3n) is 2.20. The molecule has 0 atom stereocenters. The lowest BCUT2D eigenvalue weighted by atomic mass is 10.3. The molecule has 0 saturated heterocycles. The van der Waals surface area contributed by atoms with Gasteiger partial charge in [-0.3, -0.25) is 4.68 Å². The zero-order chi connectivity index (χ0) is 13.4. The van der Waals surface area contributed by atoms with Gasteiger partial charge in [0.1, 0.15) is 6.54 Å². The average molecular weight is 265 g/mol. The molecule has 0 radical (unpaired) electrons. The van der Waals surface area contributed by atoms with Gasteiger partial charge in [-0.2, -0.15) is 18.3 Å². The van der Waals surface area contributed by atoms with Crippen LogP contribution in [0.1, 0.15) is 18.9 Å². The van der Waals surface area contributed by atoms with E-state index in [1.165, 1.54) is 12.4 Å². The number of rotatable bonds is 8. The van der Waals surface area contributed by atoms with Crippen molar-refractivity contribution in [3.05, 3.63) is 18.0 Å². The number of alkyl halides is 3. The third-order valence-corrected chi connectivity index (χ3v) is 2.20. The van der Waals surface area contributed by atoms with Crippen LogP contribution in [0.2, 0.25) is 0 Å². The Morgan fingerprint density at radius 2 is 2.22 bits per heavy atom. The second-order valence-corrected chi connectivity index (χ2v) is 3.89. The van der Waals surface area contributed by atoms with E-state index in [-0.39, 0.29) is 0 Å². The second kappa shape index (κ2) is 7.38. The minimum Gasteiger partial charge on any atom is -0.382 e. The molecule has 104 valence electrons. The van der Waals surface area contributed by atoms with Gasteiger partial charge in [0.05, 0.1) is 6.20 Å². The number of halogens is 3. The zero-order valence-corrected chi connectivity index (χ0v) is 10.3. The molecule has 0 aliphatic rings. The van der Waals surface area contributed by atoms with Gasteiger partial charge in [-0.25, -0.2) is 0 Å². The smallest absolute Gasteiger partial charge is 0.382 e. The lowest BCUT2D eigenvalue weighted by molar-refractivity contribution is -0.142. The topological polar surface area (TPSA) is 39.1 Å². The summed E-state index contributed by atoms with van der Waals surface area (Å²) in [5.74, 6) is 0. The van der Waals surface area contributed by atoms with Gasteiger partial charge in [-0.1, -0.05) is 0 Å². The molecule has 0 fully saturated rings. The van der Waals surface area contributed by atoms with Crippen LogP contribution < -0.4 is 5.32 Å². The summed E-state index contributed by atoms with van der Waals surface area (Å²) < 4.78 is 42.3. The molecule has 0 aliphatic carbocycles. The van der Waals surface area contributed by atoms with E-state index in [9.17, 15) is 13.2 Å². The normalized spacial score (nSPS) is 12.0. The number of nitrogens with zero attached hydrogens (tertiary/aromatic N) is 2. The highest BCUT2D eigenvalue weighted by Gasteiger charge is 2.28. The maximum atomic E-state index is 12.1. The van der Waals surface area contributed by atoms with Gasteiger partial charge in [0.25, 0.3) is 0 Å². The zero-order valence-electron chi connectivity index (χ0n) is 10.3. The van der Waals surface area contributed by atoms with Crippen molar-refractivity contribution in [3.63, 3.8) is 0 Å². The van der Waals surface area contributed by atoms with Crippen LogP contribution in [0.25, 0.3) is 0 Å². The number of ether oxygens (including phenoxy) is 1. The molecule has 0 saturated carbocycles. The lowest BCUT2D eigenvalue weighted by Crippen LogP contribution is -2.18. The van der Waals surface area contributed by atoms with Crippen molar-refractivity contribution >= 4 is 0 Å². The van der Waals surface area contributed by atoms with Gasteiger partial charge in [0.2, 0.25) is 0 Å². The van der Waals surface area contributed by atoms with Crippen molar-refractivity contribution in [2.24, 2.45) is 0 Å². The highest BCUT2D eigenvalue weighted by Crippen LogP contribution is 2.16. The predicted molar refractivity (Wildman–Crippen MR) is 61.1 cm³/mol. The summed E-state index contributed by atoms with van der Waals surface area (Å²) >= 11 is 0. The number of hydrogen-bond donors (Lipinski definition) is 1. The molecule has 0 aromatic carbocycles. The minimum absolute atomic E-state index is 0.518. The fraction of sp³-hybridized carbons (Fsp3) is 0.727. The first-order valence-corrected chi connectivity index (χ1v) is 5.88. The molecule has 0 bridgehead atoms. The van der Waals surface area contributed by atoms with Crippen molar-refractivity contribution < 1.29 is 17.9 Å². The summed E-state index contributed by atoms with van der Waals surface area (Å²) in [4.78, 5) is 0. The van der Waals surface area contributed by atoms with Gasteiger partial charge < -0.3 is 10.1 Å². The lowest BCUT2D eigenvalue weighted by Gasteiger charge is -2.05. The van der Waals surface area contributed by atoms with Crippen LogP contribution in [0.5, 0.6) is 0 Å². The van der Waals surface area contributed by atoms with Crippen molar-refractivity contribution in [3.8, 4) is 0 Å². The van der Waals surface area contributed by atoms with Crippen LogP contribution in [0.4, 0.5) is 13.2 Å². The molecular formula is C11H18F3N3O. The Labute approximate surface area is 104 Å². The van der Waals surface area contributed by atoms with Crippen LogP contribution in [-0.2, 0) is 17.8 Å². The van der Waals surface area contributed by atoms with Gasteiger partial charge in [0, 0.05) is 31.5 Å². The SMILES string of the molecule is CCOCCCNCc1cnn(CC(F)(F)F)c1. The quantitative estimate of drug-likeness (QED) is 0.730. The monoisotopic (exact) mass is 265 g/mol. The maximum absolute atomic E-state index is 12.1. The first kappa shape index (κ1) is 15.0. The van der Waals surface area contributed by atoms with Crippen LogP contribution in [0, 0.1) is 0 Å². The first-order chi connectivity index (χ1) is 8.51. The molecule has 0 amide bonds. The van der Waals surface area contributed by atoms with E-state index >= 15 is 0 Å². The molecule has 1 rings (SSSR count). The van der Waals surface area contributed by atoms with Crippen LogP contribution in [0.15, 0.2) is 12.4 Å². The van der Waals surface area contributed by atoms with E-state index in [2.05, 4.69) is 10.4 Å². The Kier molecular flexibility index (Phi) is 6.14. The molecule has 0 aliphatic heterocycles. The van der Waals surface area contributed by atoms with E-state index < -0.39 is 12.7 Å². The Morgan fingerprint density at radius 3 is 2.89 bits per heavy atom. The summed E-state index contributed by atoms with van der Waals surface area (Å²) in [5, 5.41) is 6.78. The van der Waals surface area contributed by atoms with E-state index in [1.807, 2.05) is 6.92 Å². The molecule has 18 heavy (non-hydrogen) atoms. The van der Waals surface area contributed by atoms with Crippen LogP contribution in [0.3, 0.4) is 0 Å². The molecule has 7 heteroatoms. The van der Waals surface area contributed by atoms with Crippen LogP contribution >= 0.6 is 0 Å². The summed E-state index contributed by atoms with van der Waals surface area (Å²) in [6.45, 7) is 3.56. The Morgan fingerprint density at radius 1 is 1.44 bits per heavy atom. The van der Waals surface area contributed by atoms with E-state index in [0.29, 0.717) is 19.8 Å². The van der Waals surface area contributed by atoms with Gasteiger partial charge in [0.15, 0.2) is 0 Å². The number of hydrogen-bond acceptors (Lipinski definition) is 3. The maximum Gasteiger partial charge on any atom is 0.408 e. The van der Waals surface area contributed by atoms with Gasteiger partial charge in [-0.05, 0) is 19.9 Å². The van der Waals surface area contributed by atoms with E-state index in [4.69, 9.17) is 4.74 Å². The molecule has 0 spiro atoms. The first-order valence-electron chi connectivity index (χ1n) is 5.88. The second-order valence-electron chi connectivity index (χ2n) is 3.89. The van der Waals surface area contributed by atoms with Crippen molar-refractivity contribution in [2.45, 2.75) is 32.6 Å². The largest absolute Gasteiger partial charge is 0.408 e. The van der Waals surface area contributed by atoms with E-state index in [0.717, 1.165) is 23.2 Å². The van der Waals surface area contributed by atoms with Crippen LogP contribution in [-0.4, -0.2) is 35.7 Å². The average Bonchev–Trinajstić information content (AvgIpc) is 2.68. The highest BCUT2D eigenvalue weighted by molar-refractivity contribution is 5.03. The predicted octanol–water partition coefficient (Wildman–Crippen LogP) is 1.96. The summed E-state index contributed by atoms with van der Waals surface area (Å²) in [7, 11) is 0. The van der Waals surface area contributed by atoms with Crippen molar-refractivity contribution in [2.75, 3.05) is 19.8 Å². The third kappa shape index (κ3) is 6.61. The number of aromatic nitrogens is 2. The molecule has 0 unspecified atom stereocenters. The van der Waals surface area contributed by atoms with E-state index in [1.54, 1.807) is 0 Å². The Hall–Kier alpha value is -1.08. The molecular weight excluding hydrogens is 247 g/mol. The molecule has 4 nitrogen and oxygen atoms in total. The fourth-order valence-electron chi connectivity index (χ4n) is 1.44. The Bertz CT molecular complexity index is 339. The summed E-state index contributed by atoms with van der Waals surface area (Å²) in [6, 6.07) is 0.